The average molecular weight is 172 g/mol. The summed E-state index contributed by atoms with van der Waals surface area (Å²) in [5.74, 6) is 1.02. The Bertz CT molecular complexity index is 145. The molecule has 1 saturated carbocycles. The molecule has 0 bridgehead atoms. The van der Waals surface area contributed by atoms with E-state index in [2.05, 4.69) is 13.8 Å². The van der Waals surface area contributed by atoms with Crippen molar-refractivity contribution in [2.75, 3.05) is 0 Å². The van der Waals surface area contributed by atoms with Gasteiger partial charge in [0.25, 0.3) is 0 Å². The molecule has 12 heavy (non-hydrogen) atoms. The van der Waals surface area contributed by atoms with Crippen molar-refractivity contribution >= 4 is 0 Å². The van der Waals surface area contributed by atoms with E-state index in [0.717, 1.165) is 12.8 Å². The molecule has 0 aromatic rings. The summed E-state index contributed by atoms with van der Waals surface area (Å²) in [6.07, 6.45) is 1.08. The molecule has 1 rings (SSSR count). The maximum absolute atomic E-state index is 9.73. The summed E-state index contributed by atoms with van der Waals surface area (Å²) < 4.78 is 0. The first-order chi connectivity index (χ1) is 5.54. The molecule has 2 nitrogen and oxygen atoms in total. The van der Waals surface area contributed by atoms with Crippen LogP contribution in [0.2, 0.25) is 0 Å². The Kier molecular flexibility index (Phi) is 3.13. The molecule has 0 aromatic carbocycles. The molecule has 0 aliphatic heterocycles. The Morgan fingerprint density at radius 3 is 2.17 bits per heavy atom. The monoisotopic (exact) mass is 172 g/mol. The first-order valence-corrected chi connectivity index (χ1v) is 4.90. The highest BCUT2D eigenvalue weighted by Crippen LogP contribution is 2.33. The molecule has 2 heteroatoms. The molecule has 4 atom stereocenters. The van der Waals surface area contributed by atoms with Gasteiger partial charge in [0.2, 0.25) is 0 Å². The number of hydrogen-bond acceptors (Lipinski definition) is 2. The Labute approximate surface area is 74.6 Å². The van der Waals surface area contributed by atoms with E-state index in [1.54, 1.807) is 0 Å². The van der Waals surface area contributed by atoms with Crippen LogP contribution in [0.1, 0.15) is 33.6 Å². The van der Waals surface area contributed by atoms with Crippen molar-refractivity contribution in [3.05, 3.63) is 0 Å². The van der Waals surface area contributed by atoms with E-state index in [1.165, 1.54) is 0 Å². The Hall–Kier alpha value is -0.0800. The SMILES string of the molecule is CC1CC[C@H](C(C)C)[C@H](O)C1O. The van der Waals surface area contributed by atoms with Gasteiger partial charge in [-0.2, -0.15) is 0 Å². The van der Waals surface area contributed by atoms with E-state index in [-0.39, 0.29) is 11.8 Å². The summed E-state index contributed by atoms with van der Waals surface area (Å²) in [7, 11) is 0. The Balaban J connectivity index is 2.58. The van der Waals surface area contributed by atoms with Crippen molar-refractivity contribution in [3.63, 3.8) is 0 Å². The first-order valence-electron chi connectivity index (χ1n) is 4.90. The van der Waals surface area contributed by atoms with Crippen LogP contribution < -0.4 is 0 Å². The van der Waals surface area contributed by atoms with Crippen molar-refractivity contribution in [2.45, 2.75) is 45.8 Å². The number of aliphatic hydroxyl groups excluding tert-OH is 2. The van der Waals surface area contributed by atoms with Crippen molar-refractivity contribution < 1.29 is 10.2 Å². The van der Waals surface area contributed by atoms with Crippen molar-refractivity contribution in [1.82, 2.24) is 0 Å². The molecule has 2 unspecified atom stereocenters. The van der Waals surface area contributed by atoms with E-state index in [0.29, 0.717) is 5.92 Å². The second-order valence-electron chi connectivity index (χ2n) is 4.44. The fourth-order valence-corrected chi connectivity index (χ4v) is 2.11. The zero-order valence-electron chi connectivity index (χ0n) is 8.20. The van der Waals surface area contributed by atoms with Crippen LogP contribution in [-0.2, 0) is 0 Å². The zero-order valence-corrected chi connectivity index (χ0v) is 8.20. The van der Waals surface area contributed by atoms with E-state index in [1.807, 2.05) is 6.92 Å². The summed E-state index contributed by atoms with van der Waals surface area (Å²) in [6, 6.07) is 0. The summed E-state index contributed by atoms with van der Waals surface area (Å²) in [4.78, 5) is 0. The molecule has 0 aromatic heterocycles. The van der Waals surface area contributed by atoms with Gasteiger partial charge in [-0.15, -0.1) is 0 Å². The molecular weight excluding hydrogens is 152 g/mol. The van der Waals surface area contributed by atoms with Gasteiger partial charge in [-0.05, 0) is 30.6 Å². The minimum atomic E-state index is -0.508. The van der Waals surface area contributed by atoms with Crippen molar-refractivity contribution in [1.29, 1.82) is 0 Å². The maximum atomic E-state index is 9.73. The lowest BCUT2D eigenvalue weighted by Gasteiger charge is -2.38. The molecule has 0 radical (unpaired) electrons. The minimum absolute atomic E-state index is 0.259. The van der Waals surface area contributed by atoms with Crippen molar-refractivity contribution in [3.8, 4) is 0 Å². The van der Waals surface area contributed by atoms with Gasteiger partial charge in [0.15, 0.2) is 0 Å². The van der Waals surface area contributed by atoms with Crippen LogP contribution in [0.4, 0.5) is 0 Å². The third-order valence-corrected chi connectivity index (χ3v) is 3.18. The fourth-order valence-electron chi connectivity index (χ4n) is 2.11. The number of aliphatic hydroxyl groups is 2. The summed E-state index contributed by atoms with van der Waals surface area (Å²) in [6.45, 7) is 6.22. The van der Waals surface area contributed by atoms with Crippen LogP contribution in [-0.4, -0.2) is 22.4 Å². The zero-order chi connectivity index (χ0) is 9.30. The molecule has 72 valence electrons. The average Bonchev–Trinajstić information content (AvgIpc) is 2.00. The second-order valence-corrected chi connectivity index (χ2v) is 4.44. The second kappa shape index (κ2) is 3.75. The van der Waals surface area contributed by atoms with Gasteiger partial charge >= 0.3 is 0 Å². The highest BCUT2D eigenvalue weighted by molar-refractivity contribution is 4.86. The molecular formula is C10H20O2. The van der Waals surface area contributed by atoms with Gasteiger partial charge in [0, 0.05) is 0 Å². The van der Waals surface area contributed by atoms with Crippen LogP contribution in [0.25, 0.3) is 0 Å². The smallest absolute Gasteiger partial charge is 0.0832 e. The lowest BCUT2D eigenvalue weighted by molar-refractivity contribution is -0.0832. The van der Waals surface area contributed by atoms with E-state index < -0.39 is 12.2 Å². The van der Waals surface area contributed by atoms with Crippen molar-refractivity contribution in [2.24, 2.45) is 17.8 Å². The van der Waals surface area contributed by atoms with Gasteiger partial charge in [0.05, 0.1) is 12.2 Å². The van der Waals surface area contributed by atoms with Gasteiger partial charge in [-0.1, -0.05) is 20.8 Å². The van der Waals surface area contributed by atoms with Gasteiger partial charge in [-0.3, -0.25) is 0 Å². The predicted octanol–water partition coefficient (Wildman–Crippen LogP) is 1.41. The van der Waals surface area contributed by atoms with Crippen LogP contribution in [0.5, 0.6) is 0 Å². The van der Waals surface area contributed by atoms with Crippen LogP contribution in [0.15, 0.2) is 0 Å². The van der Waals surface area contributed by atoms with E-state index in [9.17, 15) is 10.2 Å². The van der Waals surface area contributed by atoms with Crippen LogP contribution in [0.3, 0.4) is 0 Å². The quantitative estimate of drug-likeness (QED) is 0.628. The summed E-state index contributed by atoms with van der Waals surface area (Å²) >= 11 is 0. The van der Waals surface area contributed by atoms with Gasteiger partial charge in [-0.25, -0.2) is 0 Å². The maximum Gasteiger partial charge on any atom is 0.0832 e. The molecule has 0 saturated heterocycles. The topological polar surface area (TPSA) is 40.5 Å². The van der Waals surface area contributed by atoms with Crippen LogP contribution >= 0.6 is 0 Å². The Morgan fingerprint density at radius 2 is 1.67 bits per heavy atom. The largest absolute Gasteiger partial charge is 0.390 e. The molecule has 0 heterocycles. The lowest BCUT2D eigenvalue weighted by atomic mass is 9.74. The number of rotatable bonds is 1. The molecule has 0 spiro atoms. The van der Waals surface area contributed by atoms with E-state index >= 15 is 0 Å². The third-order valence-electron chi connectivity index (χ3n) is 3.18. The third kappa shape index (κ3) is 1.80. The molecule has 1 aliphatic carbocycles. The standard InChI is InChI=1S/C10H20O2/c1-6(2)8-5-4-7(3)9(11)10(8)12/h6-12H,4-5H2,1-3H3/t7?,8-,9?,10+/m1/s1. The molecule has 2 N–H and O–H groups in total. The highest BCUT2D eigenvalue weighted by atomic mass is 16.3. The van der Waals surface area contributed by atoms with Gasteiger partial charge < -0.3 is 10.2 Å². The summed E-state index contributed by atoms with van der Waals surface area (Å²) in [5.41, 5.74) is 0. The first kappa shape index (κ1) is 10.0. The molecule has 0 amide bonds. The van der Waals surface area contributed by atoms with E-state index in [4.69, 9.17) is 0 Å². The Morgan fingerprint density at radius 1 is 1.08 bits per heavy atom. The fraction of sp³-hybridized carbons (Fsp3) is 1.00. The lowest BCUT2D eigenvalue weighted by Crippen LogP contribution is -2.44. The molecule has 1 aliphatic rings. The highest BCUT2D eigenvalue weighted by Gasteiger charge is 2.36. The number of hydrogen-bond donors (Lipinski definition) is 2. The van der Waals surface area contributed by atoms with Crippen LogP contribution in [0, 0.1) is 17.8 Å². The predicted molar refractivity (Wildman–Crippen MR) is 48.7 cm³/mol. The summed E-state index contributed by atoms with van der Waals surface area (Å²) in [5, 5.41) is 19.3. The normalized spacial score (nSPS) is 43.5. The van der Waals surface area contributed by atoms with Gasteiger partial charge in [0.1, 0.15) is 0 Å². The molecule has 1 fully saturated rings. The minimum Gasteiger partial charge on any atom is -0.390 e.